The lowest BCUT2D eigenvalue weighted by Crippen LogP contribution is -2.14. The van der Waals surface area contributed by atoms with Gasteiger partial charge in [-0.05, 0) is 0 Å². The van der Waals surface area contributed by atoms with Crippen molar-refractivity contribution < 1.29 is 14.7 Å². The normalized spacial score (nSPS) is 13.4. The Hall–Kier alpha value is -0.590. The van der Waals surface area contributed by atoms with Crippen LogP contribution < -0.4 is 0 Å². The molecule has 1 aromatic heterocycles. The zero-order valence-corrected chi connectivity index (χ0v) is 9.70. The van der Waals surface area contributed by atoms with E-state index in [9.17, 15) is 0 Å². The van der Waals surface area contributed by atoms with Gasteiger partial charge in [-0.2, -0.15) is 4.98 Å². The van der Waals surface area contributed by atoms with Gasteiger partial charge in [-0.1, -0.05) is 19.0 Å². The monoisotopic (exact) mass is 232 g/mol. The summed E-state index contributed by atoms with van der Waals surface area (Å²) < 4.78 is 5.02. The number of hydrogen-bond donors (Lipinski definition) is 2. The second kappa shape index (κ2) is 6.09. The number of aromatic nitrogens is 2. The van der Waals surface area contributed by atoms with Gasteiger partial charge in [0.05, 0.1) is 18.5 Å². The van der Waals surface area contributed by atoms with E-state index in [4.69, 9.17) is 14.7 Å². The summed E-state index contributed by atoms with van der Waals surface area (Å²) in [6.45, 7) is 3.78. The highest BCUT2D eigenvalue weighted by atomic mass is 32.2. The van der Waals surface area contributed by atoms with Crippen molar-refractivity contribution in [1.29, 1.82) is 0 Å². The first kappa shape index (κ1) is 12.5. The molecule has 0 radical (unpaired) electrons. The summed E-state index contributed by atoms with van der Waals surface area (Å²) in [5.74, 6) is 2.56. The summed E-state index contributed by atoms with van der Waals surface area (Å²) in [5, 5.41) is 21.5. The average Bonchev–Trinajstić information content (AvgIpc) is 2.66. The molecule has 2 N–H and O–H groups in total. The molecule has 0 spiro atoms. The molecule has 0 aliphatic rings. The minimum Gasteiger partial charge on any atom is -0.394 e. The molecular formula is C9H16N2O3S. The summed E-state index contributed by atoms with van der Waals surface area (Å²) in [6.07, 6.45) is -0.678. The highest BCUT2D eigenvalue weighted by molar-refractivity contribution is 7.98. The molecule has 86 valence electrons. The quantitative estimate of drug-likeness (QED) is 0.754. The Morgan fingerprint density at radius 1 is 1.47 bits per heavy atom. The Bertz CT molecular complexity index is 291. The SMILES string of the molecule is CC(C)c1noc(CSCC(O)CO)n1. The standard InChI is InChI=1S/C9H16N2O3S/c1-6(2)9-10-8(14-11-9)5-15-4-7(13)3-12/h6-7,12-13H,3-5H2,1-2H3. The van der Waals surface area contributed by atoms with Crippen molar-refractivity contribution in [3.05, 3.63) is 11.7 Å². The molecule has 5 nitrogen and oxygen atoms in total. The van der Waals surface area contributed by atoms with E-state index in [-0.39, 0.29) is 12.5 Å². The van der Waals surface area contributed by atoms with Crippen LogP contribution in [-0.2, 0) is 5.75 Å². The molecule has 1 atom stereocenters. The smallest absolute Gasteiger partial charge is 0.236 e. The summed E-state index contributed by atoms with van der Waals surface area (Å²) in [7, 11) is 0. The van der Waals surface area contributed by atoms with Crippen molar-refractivity contribution >= 4 is 11.8 Å². The third kappa shape index (κ3) is 4.19. The highest BCUT2D eigenvalue weighted by Crippen LogP contribution is 2.14. The van der Waals surface area contributed by atoms with Crippen LogP contribution in [0, 0.1) is 0 Å². The number of nitrogens with zero attached hydrogens (tertiary/aromatic N) is 2. The first-order valence-electron chi connectivity index (χ1n) is 4.82. The van der Waals surface area contributed by atoms with E-state index in [1.165, 1.54) is 11.8 Å². The largest absolute Gasteiger partial charge is 0.394 e. The van der Waals surface area contributed by atoms with Gasteiger partial charge in [-0.3, -0.25) is 0 Å². The lowest BCUT2D eigenvalue weighted by atomic mass is 10.2. The van der Waals surface area contributed by atoms with Crippen molar-refractivity contribution in [2.24, 2.45) is 0 Å². The Balaban J connectivity index is 2.31. The highest BCUT2D eigenvalue weighted by Gasteiger charge is 2.10. The molecule has 0 bridgehead atoms. The Kier molecular flexibility index (Phi) is 5.07. The number of aliphatic hydroxyl groups is 2. The van der Waals surface area contributed by atoms with Gasteiger partial charge in [-0.15, -0.1) is 11.8 Å². The maximum Gasteiger partial charge on any atom is 0.236 e. The van der Waals surface area contributed by atoms with E-state index < -0.39 is 6.10 Å². The van der Waals surface area contributed by atoms with Gasteiger partial charge >= 0.3 is 0 Å². The Morgan fingerprint density at radius 3 is 2.73 bits per heavy atom. The molecule has 0 aliphatic heterocycles. The summed E-state index contributed by atoms with van der Waals surface area (Å²) in [5.41, 5.74) is 0. The summed E-state index contributed by atoms with van der Waals surface area (Å²) >= 11 is 1.46. The van der Waals surface area contributed by atoms with Crippen LogP contribution in [-0.4, -0.2) is 38.8 Å². The number of aliphatic hydroxyl groups excluding tert-OH is 2. The van der Waals surface area contributed by atoms with E-state index in [1.54, 1.807) is 0 Å². The fourth-order valence-electron chi connectivity index (χ4n) is 0.896. The summed E-state index contributed by atoms with van der Waals surface area (Å²) in [4.78, 5) is 4.19. The molecule has 1 heterocycles. The minimum atomic E-state index is -0.678. The minimum absolute atomic E-state index is 0.214. The van der Waals surface area contributed by atoms with Crippen LogP contribution in [0.1, 0.15) is 31.5 Å². The van der Waals surface area contributed by atoms with Crippen LogP contribution >= 0.6 is 11.8 Å². The molecule has 0 saturated heterocycles. The zero-order valence-electron chi connectivity index (χ0n) is 8.88. The molecule has 0 aliphatic carbocycles. The van der Waals surface area contributed by atoms with Gasteiger partial charge in [0.15, 0.2) is 5.82 Å². The molecule has 6 heteroatoms. The second-order valence-corrected chi connectivity index (χ2v) is 4.58. The summed E-state index contributed by atoms with van der Waals surface area (Å²) in [6, 6.07) is 0. The lowest BCUT2D eigenvalue weighted by molar-refractivity contribution is 0.113. The maximum atomic E-state index is 9.09. The average molecular weight is 232 g/mol. The van der Waals surface area contributed by atoms with Gasteiger partial charge in [-0.25, -0.2) is 0 Å². The van der Waals surface area contributed by atoms with Crippen LogP contribution in [0.3, 0.4) is 0 Å². The van der Waals surface area contributed by atoms with Gasteiger partial charge in [0.2, 0.25) is 5.89 Å². The molecule has 1 aromatic rings. The van der Waals surface area contributed by atoms with Gasteiger partial charge in [0.1, 0.15) is 0 Å². The van der Waals surface area contributed by atoms with Gasteiger partial charge in [0.25, 0.3) is 0 Å². The zero-order chi connectivity index (χ0) is 11.3. The fraction of sp³-hybridized carbons (Fsp3) is 0.778. The lowest BCUT2D eigenvalue weighted by Gasteiger charge is -2.03. The van der Waals surface area contributed by atoms with Gasteiger partial charge < -0.3 is 14.7 Å². The van der Waals surface area contributed by atoms with E-state index in [2.05, 4.69) is 10.1 Å². The molecule has 1 unspecified atom stereocenters. The van der Waals surface area contributed by atoms with Crippen molar-refractivity contribution in [3.63, 3.8) is 0 Å². The van der Waals surface area contributed by atoms with Crippen LogP contribution in [0.4, 0.5) is 0 Å². The van der Waals surface area contributed by atoms with Crippen LogP contribution in [0.25, 0.3) is 0 Å². The molecule has 0 fully saturated rings. The van der Waals surface area contributed by atoms with E-state index >= 15 is 0 Å². The Labute approximate surface area is 92.9 Å². The number of thioether (sulfide) groups is 1. The van der Waals surface area contributed by atoms with Crippen molar-refractivity contribution in [2.45, 2.75) is 31.6 Å². The van der Waals surface area contributed by atoms with E-state index in [0.29, 0.717) is 23.2 Å². The maximum absolute atomic E-state index is 9.09. The van der Waals surface area contributed by atoms with E-state index in [1.807, 2.05) is 13.8 Å². The third-order valence-corrected chi connectivity index (χ3v) is 2.82. The Morgan fingerprint density at radius 2 is 2.20 bits per heavy atom. The fourth-order valence-corrected chi connectivity index (χ4v) is 1.68. The predicted octanol–water partition coefficient (Wildman–Crippen LogP) is 0.779. The molecule has 0 amide bonds. The molecule has 1 rings (SSSR count). The number of rotatable bonds is 6. The van der Waals surface area contributed by atoms with Crippen molar-refractivity contribution in [2.75, 3.05) is 12.4 Å². The topological polar surface area (TPSA) is 79.4 Å². The van der Waals surface area contributed by atoms with Crippen LogP contribution in [0.15, 0.2) is 4.52 Å². The predicted molar refractivity (Wildman–Crippen MR) is 57.6 cm³/mol. The van der Waals surface area contributed by atoms with Crippen molar-refractivity contribution in [1.82, 2.24) is 10.1 Å². The molecule has 0 saturated carbocycles. The van der Waals surface area contributed by atoms with Crippen molar-refractivity contribution in [3.8, 4) is 0 Å². The molecular weight excluding hydrogens is 216 g/mol. The third-order valence-electron chi connectivity index (χ3n) is 1.75. The number of hydrogen-bond acceptors (Lipinski definition) is 6. The van der Waals surface area contributed by atoms with Gasteiger partial charge in [0, 0.05) is 11.7 Å². The van der Waals surface area contributed by atoms with Crippen LogP contribution in [0.2, 0.25) is 0 Å². The molecule has 0 aromatic carbocycles. The molecule has 15 heavy (non-hydrogen) atoms. The first-order chi connectivity index (χ1) is 7.13. The second-order valence-electron chi connectivity index (χ2n) is 3.55. The first-order valence-corrected chi connectivity index (χ1v) is 5.98. The van der Waals surface area contributed by atoms with E-state index in [0.717, 1.165) is 0 Å². The van der Waals surface area contributed by atoms with Crippen LogP contribution in [0.5, 0.6) is 0 Å².